The molecule has 0 aliphatic heterocycles. The van der Waals surface area contributed by atoms with Gasteiger partial charge in [-0.3, -0.25) is 4.79 Å². The number of carbonyl (C=O) groups is 1. The third-order valence-corrected chi connectivity index (χ3v) is 5.47. The quantitative estimate of drug-likeness (QED) is 0.451. The van der Waals surface area contributed by atoms with Crippen molar-refractivity contribution in [2.75, 3.05) is 34.8 Å². The number of hydrogen-bond acceptors (Lipinski definition) is 2. The molecule has 3 aromatic rings. The highest BCUT2D eigenvalue weighted by Crippen LogP contribution is 2.25. The molecule has 0 amide bonds. The Morgan fingerprint density at radius 2 is 1.84 bits per heavy atom. The molecule has 0 unspecified atom stereocenters. The van der Waals surface area contributed by atoms with Crippen LogP contribution in [0.1, 0.15) is 29.7 Å². The summed E-state index contributed by atoms with van der Waals surface area (Å²) < 4.78 is 6.22. The minimum Gasteiger partial charge on any atom is -0.497 e. The minimum absolute atomic E-state index is 0.000182. The number of benzene rings is 1. The number of aryl methyl sites for hydroxylation is 2. The lowest BCUT2D eigenvalue weighted by molar-refractivity contribution is -0.870. The first kappa shape index (κ1) is 23.4. The van der Waals surface area contributed by atoms with E-state index in [0.29, 0.717) is 0 Å². The van der Waals surface area contributed by atoms with Crippen molar-refractivity contribution >= 4 is 18.1 Å². The number of aromatic nitrogens is 2. The van der Waals surface area contributed by atoms with Crippen molar-refractivity contribution in [3.8, 4) is 17.0 Å². The Bertz CT molecular complexity index is 1180. The molecule has 0 radical (unpaired) electrons. The number of nitrogens with zero attached hydrogens (tertiary/aromatic N) is 1. The van der Waals surface area contributed by atoms with Crippen LogP contribution in [0.25, 0.3) is 23.4 Å². The molecule has 0 bridgehead atoms. The standard InChI is InChI=1S/C26H33N3O3/c1-18-15-21(10-13-26(30)31)27-23(18)17-25-20(7-6-14-29(2,3)4)16-24(28-25)19-8-11-22(32-5)12-9-19/h8-12,15-17,27-28H,6-7,13-14H2,1-5H3/p+1. The maximum absolute atomic E-state index is 10.9. The fourth-order valence-electron chi connectivity index (χ4n) is 3.72. The summed E-state index contributed by atoms with van der Waals surface area (Å²) in [5.41, 5.74) is 5.61. The van der Waals surface area contributed by atoms with Crippen LogP contribution in [0.5, 0.6) is 5.75 Å². The van der Waals surface area contributed by atoms with Gasteiger partial charge in [-0.2, -0.15) is 0 Å². The molecule has 2 heterocycles. The summed E-state index contributed by atoms with van der Waals surface area (Å²) in [6.45, 7) is 3.13. The molecule has 0 aliphatic carbocycles. The van der Waals surface area contributed by atoms with Gasteiger partial charge >= 0.3 is 5.97 Å². The Morgan fingerprint density at radius 1 is 1.12 bits per heavy atom. The molecule has 0 spiro atoms. The predicted octanol–water partition coefficient (Wildman–Crippen LogP) is 3.05. The summed E-state index contributed by atoms with van der Waals surface area (Å²) in [5.74, 6) is -0.00164. The summed E-state index contributed by atoms with van der Waals surface area (Å²) in [5, 5.41) is 10.7. The smallest absolute Gasteiger partial charge is 0.307 e. The lowest BCUT2D eigenvalue weighted by Gasteiger charge is -2.23. The van der Waals surface area contributed by atoms with Crippen molar-refractivity contribution < 1.29 is 19.1 Å². The van der Waals surface area contributed by atoms with E-state index in [4.69, 9.17) is 9.84 Å². The zero-order valence-corrected chi connectivity index (χ0v) is 19.7. The molecule has 1 aromatic carbocycles. The normalized spacial score (nSPS) is 13.0. The van der Waals surface area contributed by atoms with Gasteiger partial charge in [-0.15, -0.1) is 0 Å². The number of rotatable bonds is 9. The van der Waals surface area contributed by atoms with Crippen molar-refractivity contribution in [3.05, 3.63) is 63.9 Å². The number of aromatic amines is 2. The van der Waals surface area contributed by atoms with Gasteiger partial charge in [-0.25, -0.2) is 0 Å². The second-order valence-electron chi connectivity index (χ2n) is 9.24. The second kappa shape index (κ2) is 9.92. The summed E-state index contributed by atoms with van der Waals surface area (Å²) in [6, 6.07) is 12.3. The van der Waals surface area contributed by atoms with Crippen LogP contribution in [-0.4, -0.2) is 60.3 Å². The number of carboxylic acid groups (broad SMARTS) is 1. The van der Waals surface area contributed by atoms with Crippen molar-refractivity contribution in [3.63, 3.8) is 0 Å². The Hall–Kier alpha value is -3.25. The highest BCUT2D eigenvalue weighted by Gasteiger charge is 2.12. The highest BCUT2D eigenvalue weighted by molar-refractivity contribution is 5.73. The molecule has 0 fully saturated rings. The first-order valence-corrected chi connectivity index (χ1v) is 10.9. The summed E-state index contributed by atoms with van der Waals surface area (Å²) in [4.78, 5) is 17.8. The van der Waals surface area contributed by atoms with Gasteiger partial charge in [0.15, 0.2) is 0 Å². The molecular weight excluding hydrogens is 402 g/mol. The second-order valence-corrected chi connectivity index (χ2v) is 9.24. The van der Waals surface area contributed by atoms with Crippen LogP contribution < -0.4 is 15.4 Å². The molecular formula is C26H34N3O3+. The van der Waals surface area contributed by atoms with Gasteiger partial charge in [0, 0.05) is 28.5 Å². The van der Waals surface area contributed by atoms with E-state index in [9.17, 15) is 4.79 Å². The van der Waals surface area contributed by atoms with Gasteiger partial charge in [0.2, 0.25) is 0 Å². The summed E-state index contributed by atoms with van der Waals surface area (Å²) >= 11 is 0. The van der Waals surface area contributed by atoms with Crippen LogP contribution in [0, 0.1) is 6.92 Å². The number of methoxy groups -OCH3 is 1. The molecule has 6 nitrogen and oxygen atoms in total. The first-order valence-electron chi connectivity index (χ1n) is 10.9. The van der Waals surface area contributed by atoms with E-state index in [2.05, 4.69) is 55.4 Å². The van der Waals surface area contributed by atoms with Gasteiger partial charge < -0.3 is 24.3 Å². The monoisotopic (exact) mass is 436 g/mol. The molecule has 0 saturated heterocycles. The average Bonchev–Trinajstić information content (AvgIpc) is 3.29. The molecule has 2 aromatic heterocycles. The van der Waals surface area contributed by atoms with E-state index in [-0.39, 0.29) is 6.42 Å². The number of aliphatic carboxylic acids is 1. The Morgan fingerprint density at radius 3 is 2.47 bits per heavy atom. The van der Waals surface area contributed by atoms with E-state index in [1.807, 2.05) is 25.1 Å². The van der Waals surface area contributed by atoms with E-state index < -0.39 is 5.97 Å². The zero-order chi connectivity index (χ0) is 23.3. The molecule has 3 N–H and O–H groups in total. The minimum atomic E-state index is -0.837. The van der Waals surface area contributed by atoms with Crippen LogP contribution in [0.4, 0.5) is 0 Å². The number of ether oxygens (including phenoxy) is 1. The van der Waals surface area contributed by atoms with E-state index >= 15 is 0 Å². The van der Waals surface area contributed by atoms with Gasteiger partial charge in [-0.05, 0) is 78.6 Å². The number of quaternary nitrogens is 1. The molecule has 0 atom stereocenters. The fourth-order valence-corrected chi connectivity index (χ4v) is 3.72. The molecule has 0 aliphatic rings. The maximum atomic E-state index is 10.9. The number of H-pyrrole nitrogens is 2. The topological polar surface area (TPSA) is 78.1 Å². The molecule has 170 valence electrons. The Balaban J connectivity index is 1.98. The largest absolute Gasteiger partial charge is 0.497 e. The molecule has 0 saturated carbocycles. The van der Waals surface area contributed by atoms with Gasteiger partial charge in [0.25, 0.3) is 0 Å². The molecule has 6 heteroatoms. The van der Waals surface area contributed by atoms with Crippen LogP contribution >= 0.6 is 0 Å². The number of carboxylic acids is 1. The van der Waals surface area contributed by atoms with E-state index in [1.165, 1.54) is 5.56 Å². The Labute approximate surface area is 189 Å². The number of nitrogens with one attached hydrogen (secondary N) is 2. The van der Waals surface area contributed by atoms with Crippen LogP contribution in [0.2, 0.25) is 0 Å². The predicted molar refractivity (Wildman–Crippen MR) is 129 cm³/mol. The van der Waals surface area contributed by atoms with Crippen LogP contribution in [0.15, 0.2) is 36.4 Å². The maximum Gasteiger partial charge on any atom is 0.307 e. The van der Waals surface area contributed by atoms with Crippen molar-refractivity contribution in [2.24, 2.45) is 0 Å². The zero-order valence-electron chi connectivity index (χ0n) is 19.7. The average molecular weight is 437 g/mol. The van der Waals surface area contributed by atoms with Gasteiger partial charge in [0.1, 0.15) is 5.75 Å². The lowest BCUT2D eigenvalue weighted by atomic mass is 10.1. The fraction of sp³-hybridized carbons (Fsp3) is 0.346. The SMILES string of the molecule is COc1ccc(-c2cc(CCC[N+](C)(C)C)c(C=c3[nH]c(=CCC(=O)O)cc3C)[nH]2)cc1. The van der Waals surface area contributed by atoms with Crippen molar-refractivity contribution in [1.29, 1.82) is 0 Å². The van der Waals surface area contributed by atoms with Crippen molar-refractivity contribution in [2.45, 2.75) is 26.2 Å². The first-order chi connectivity index (χ1) is 15.1. The third kappa shape index (κ3) is 6.37. The van der Waals surface area contributed by atoms with E-state index in [1.54, 1.807) is 13.2 Å². The summed E-state index contributed by atoms with van der Waals surface area (Å²) in [7, 11) is 8.31. The Kier molecular flexibility index (Phi) is 7.26. The molecule has 32 heavy (non-hydrogen) atoms. The third-order valence-electron chi connectivity index (χ3n) is 5.47. The van der Waals surface area contributed by atoms with Crippen LogP contribution in [-0.2, 0) is 11.2 Å². The lowest BCUT2D eigenvalue weighted by Crippen LogP contribution is -2.35. The van der Waals surface area contributed by atoms with Gasteiger partial charge in [0.05, 0.1) is 41.2 Å². The van der Waals surface area contributed by atoms with E-state index in [0.717, 1.165) is 62.8 Å². The van der Waals surface area contributed by atoms with Crippen LogP contribution in [0.3, 0.4) is 0 Å². The van der Waals surface area contributed by atoms with Gasteiger partial charge in [-0.1, -0.05) is 0 Å². The summed E-state index contributed by atoms with van der Waals surface area (Å²) in [6.07, 6.45) is 5.89. The van der Waals surface area contributed by atoms with Crippen molar-refractivity contribution in [1.82, 2.24) is 9.97 Å². The number of hydrogen-bond donors (Lipinski definition) is 3. The molecule has 3 rings (SSSR count). The highest BCUT2D eigenvalue weighted by atomic mass is 16.5.